The SMILES string of the molecule is CCCNC(=O)c1cncc(Nc2ccc(Cl)cc2Cl)c1. The Labute approximate surface area is 133 Å². The van der Waals surface area contributed by atoms with E-state index in [0.717, 1.165) is 6.42 Å². The van der Waals surface area contributed by atoms with Gasteiger partial charge in [0.2, 0.25) is 0 Å². The third-order valence-electron chi connectivity index (χ3n) is 2.75. The van der Waals surface area contributed by atoms with Gasteiger partial charge in [0, 0.05) is 17.8 Å². The van der Waals surface area contributed by atoms with Crippen LogP contribution in [0.25, 0.3) is 0 Å². The zero-order valence-electron chi connectivity index (χ0n) is 11.5. The summed E-state index contributed by atoms with van der Waals surface area (Å²) in [7, 11) is 0. The van der Waals surface area contributed by atoms with E-state index in [0.29, 0.717) is 33.5 Å². The Bertz CT molecular complexity index is 647. The number of anilines is 2. The average Bonchev–Trinajstić information content (AvgIpc) is 2.48. The topological polar surface area (TPSA) is 54.0 Å². The number of carbonyl (C=O) groups is 1. The third-order valence-corrected chi connectivity index (χ3v) is 3.29. The number of carbonyl (C=O) groups excluding carboxylic acids is 1. The summed E-state index contributed by atoms with van der Waals surface area (Å²) in [6.07, 6.45) is 4.04. The van der Waals surface area contributed by atoms with E-state index in [4.69, 9.17) is 23.2 Å². The summed E-state index contributed by atoms with van der Waals surface area (Å²) in [5.41, 5.74) is 1.89. The number of hydrogen-bond acceptors (Lipinski definition) is 3. The van der Waals surface area contributed by atoms with Crippen molar-refractivity contribution in [3.63, 3.8) is 0 Å². The first kappa shape index (κ1) is 15.6. The summed E-state index contributed by atoms with van der Waals surface area (Å²) in [5, 5.41) is 7.00. The van der Waals surface area contributed by atoms with E-state index in [1.165, 1.54) is 6.20 Å². The van der Waals surface area contributed by atoms with E-state index in [1.807, 2.05) is 6.92 Å². The smallest absolute Gasteiger partial charge is 0.252 e. The zero-order valence-corrected chi connectivity index (χ0v) is 13.0. The largest absolute Gasteiger partial charge is 0.353 e. The van der Waals surface area contributed by atoms with Crippen molar-refractivity contribution in [3.05, 3.63) is 52.3 Å². The standard InChI is InChI=1S/C15H15Cl2N3O/c1-2-5-19-15(21)10-6-12(9-18-8-10)20-14-4-3-11(16)7-13(14)17/h3-4,6-9,20H,2,5H2,1H3,(H,19,21). The highest BCUT2D eigenvalue weighted by Gasteiger charge is 2.07. The second kappa shape index (κ2) is 7.29. The molecule has 1 amide bonds. The van der Waals surface area contributed by atoms with Crippen molar-refractivity contribution in [2.75, 3.05) is 11.9 Å². The molecule has 21 heavy (non-hydrogen) atoms. The lowest BCUT2D eigenvalue weighted by molar-refractivity contribution is 0.0953. The zero-order chi connectivity index (χ0) is 15.2. The number of hydrogen-bond donors (Lipinski definition) is 2. The summed E-state index contributed by atoms with van der Waals surface area (Å²) in [6.45, 7) is 2.64. The van der Waals surface area contributed by atoms with Crippen LogP contribution in [0.15, 0.2) is 36.7 Å². The van der Waals surface area contributed by atoms with Crippen LogP contribution >= 0.6 is 23.2 Å². The number of nitrogens with zero attached hydrogens (tertiary/aromatic N) is 1. The molecular formula is C15H15Cl2N3O. The molecule has 0 aliphatic carbocycles. The fourth-order valence-electron chi connectivity index (χ4n) is 1.72. The molecule has 0 unspecified atom stereocenters. The van der Waals surface area contributed by atoms with Gasteiger partial charge in [-0.25, -0.2) is 0 Å². The fourth-order valence-corrected chi connectivity index (χ4v) is 2.18. The van der Waals surface area contributed by atoms with Gasteiger partial charge in [0.05, 0.1) is 28.2 Å². The first-order valence-electron chi connectivity index (χ1n) is 6.55. The van der Waals surface area contributed by atoms with Gasteiger partial charge in [-0.2, -0.15) is 0 Å². The van der Waals surface area contributed by atoms with Crippen molar-refractivity contribution in [1.29, 1.82) is 0 Å². The van der Waals surface area contributed by atoms with Crippen LogP contribution in [-0.4, -0.2) is 17.4 Å². The van der Waals surface area contributed by atoms with Gasteiger partial charge in [-0.3, -0.25) is 9.78 Å². The number of rotatable bonds is 5. The lowest BCUT2D eigenvalue weighted by Crippen LogP contribution is -2.24. The van der Waals surface area contributed by atoms with Crippen molar-refractivity contribution in [2.24, 2.45) is 0 Å². The minimum atomic E-state index is -0.143. The van der Waals surface area contributed by atoms with Gasteiger partial charge in [-0.1, -0.05) is 30.1 Å². The molecule has 0 aliphatic rings. The predicted octanol–water partition coefficient (Wildman–Crippen LogP) is 4.27. The molecule has 0 spiro atoms. The van der Waals surface area contributed by atoms with Gasteiger partial charge in [0.15, 0.2) is 0 Å². The molecule has 110 valence electrons. The Hall–Kier alpha value is -1.78. The van der Waals surface area contributed by atoms with E-state index in [2.05, 4.69) is 15.6 Å². The van der Waals surface area contributed by atoms with Crippen molar-refractivity contribution in [2.45, 2.75) is 13.3 Å². The minimum Gasteiger partial charge on any atom is -0.353 e. The van der Waals surface area contributed by atoms with E-state index < -0.39 is 0 Å². The van der Waals surface area contributed by atoms with E-state index in [1.54, 1.807) is 30.5 Å². The first-order chi connectivity index (χ1) is 10.1. The van der Waals surface area contributed by atoms with Crippen molar-refractivity contribution in [1.82, 2.24) is 10.3 Å². The summed E-state index contributed by atoms with van der Waals surface area (Å²) in [5.74, 6) is -0.143. The Balaban J connectivity index is 2.15. The monoisotopic (exact) mass is 323 g/mol. The van der Waals surface area contributed by atoms with E-state index in [9.17, 15) is 4.79 Å². The third kappa shape index (κ3) is 4.34. The molecule has 2 N–H and O–H groups in total. The molecule has 1 aromatic heterocycles. The van der Waals surface area contributed by atoms with Gasteiger partial charge >= 0.3 is 0 Å². The van der Waals surface area contributed by atoms with Crippen LogP contribution in [0.4, 0.5) is 11.4 Å². The quantitative estimate of drug-likeness (QED) is 0.863. The van der Waals surface area contributed by atoms with Crippen LogP contribution in [-0.2, 0) is 0 Å². The van der Waals surface area contributed by atoms with Crippen LogP contribution in [0, 0.1) is 0 Å². The van der Waals surface area contributed by atoms with Crippen LogP contribution in [0.2, 0.25) is 10.0 Å². The maximum atomic E-state index is 11.9. The van der Waals surface area contributed by atoms with E-state index >= 15 is 0 Å². The van der Waals surface area contributed by atoms with Crippen molar-refractivity contribution >= 4 is 40.5 Å². The maximum absolute atomic E-state index is 11.9. The van der Waals surface area contributed by atoms with Crippen LogP contribution in [0.5, 0.6) is 0 Å². The fraction of sp³-hybridized carbons (Fsp3) is 0.200. The first-order valence-corrected chi connectivity index (χ1v) is 7.31. The highest BCUT2D eigenvalue weighted by molar-refractivity contribution is 6.36. The second-order valence-electron chi connectivity index (χ2n) is 4.47. The molecule has 0 atom stereocenters. The summed E-state index contributed by atoms with van der Waals surface area (Å²) in [4.78, 5) is 16.0. The average molecular weight is 324 g/mol. The number of halogens is 2. The Morgan fingerprint density at radius 1 is 1.24 bits per heavy atom. The van der Waals surface area contributed by atoms with Crippen molar-refractivity contribution in [3.8, 4) is 0 Å². The normalized spacial score (nSPS) is 10.2. The molecule has 1 aromatic carbocycles. The van der Waals surface area contributed by atoms with Gasteiger partial charge in [-0.15, -0.1) is 0 Å². The Morgan fingerprint density at radius 2 is 2.05 bits per heavy atom. The van der Waals surface area contributed by atoms with Gasteiger partial charge in [0.1, 0.15) is 0 Å². The molecule has 0 saturated carbocycles. The maximum Gasteiger partial charge on any atom is 0.252 e. The number of pyridine rings is 1. The molecule has 2 aromatic rings. The molecule has 6 heteroatoms. The molecule has 0 radical (unpaired) electrons. The van der Waals surface area contributed by atoms with Crippen LogP contribution < -0.4 is 10.6 Å². The summed E-state index contributed by atoms with van der Waals surface area (Å²) < 4.78 is 0. The molecular weight excluding hydrogens is 309 g/mol. The summed E-state index contributed by atoms with van der Waals surface area (Å²) in [6, 6.07) is 6.88. The van der Waals surface area contributed by atoms with Crippen molar-refractivity contribution < 1.29 is 4.79 Å². The Kier molecular flexibility index (Phi) is 5.42. The number of aromatic nitrogens is 1. The summed E-state index contributed by atoms with van der Waals surface area (Å²) >= 11 is 12.0. The molecule has 0 aliphatic heterocycles. The molecule has 1 heterocycles. The number of benzene rings is 1. The number of nitrogens with one attached hydrogen (secondary N) is 2. The lowest BCUT2D eigenvalue weighted by atomic mass is 10.2. The van der Waals surface area contributed by atoms with Crippen LogP contribution in [0.1, 0.15) is 23.7 Å². The molecule has 0 saturated heterocycles. The molecule has 4 nitrogen and oxygen atoms in total. The van der Waals surface area contributed by atoms with Crippen LogP contribution in [0.3, 0.4) is 0 Å². The lowest BCUT2D eigenvalue weighted by Gasteiger charge is -2.10. The second-order valence-corrected chi connectivity index (χ2v) is 5.31. The highest BCUT2D eigenvalue weighted by Crippen LogP contribution is 2.28. The highest BCUT2D eigenvalue weighted by atomic mass is 35.5. The van der Waals surface area contributed by atoms with E-state index in [-0.39, 0.29) is 5.91 Å². The molecule has 0 bridgehead atoms. The predicted molar refractivity (Wildman–Crippen MR) is 86.6 cm³/mol. The van der Waals surface area contributed by atoms with Gasteiger partial charge in [0.25, 0.3) is 5.91 Å². The molecule has 2 rings (SSSR count). The van der Waals surface area contributed by atoms with Gasteiger partial charge < -0.3 is 10.6 Å². The van der Waals surface area contributed by atoms with Gasteiger partial charge in [-0.05, 0) is 30.7 Å². The number of amides is 1. The molecule has 0 fully saturated rings. The Morgan fingerprint density at radius 3 is 2.76 bits per heavy atom. The minimum absolute atomic E-state index is 0.143.